The Hall–Kier alpha value is -0.780. The van der Waals surface area contributed by atoms with Crippen LogP contribution in [0.4, 0.5) is 13.2 Å². The summed E-state index contributed by atoms with van der Waals surface area (Å²) < 4.78 is 37.3. The van der Waals surface area contributed by atoms with E-state index in [9.17, 15) is 13.2 Å². The van der Waals surface area contributed by atoms with Gasteiger partial charge in [-0.15, -0.1) is 12.4 Å². The second-order valence-electron chi connectivity index (χ2n) is 4.73. The van der Waals surface area contributed by atoms with Crippen molar-refractivity contribution in [3.05, 3.63) is 35.4 Å². The van der Waals surface area contributed by atoms with Gasteiger partial charge in [0, 0.05) is 6.04 Å². The molecule has 0 radical (unpaired) electrons. The minimum absolute atomic E-state index is 0. The first kappa shape index (κ1) is 16.3. The molecule has 1 aromatic rings. The Morgan fingerprint density at radius 1 is 1.11 bits per heavy atom. The van der Waals surface area contributed by atoms with Crippen LogP contribution in [0.3, 0.4) is 0 Å². The lowest BCUT2D eigenvalue weighted by atomic mass is 9.86. The van der Waals surface area contributed by atoms with Gasteiger partial charge in [-0.05, 0) is 49.5 Å². The van der Waals surface area contributed by atoms with Crippen LogP contribution in [0.2, 0.25) is 0 Å². The Morgan fingerprint density at radius 3 is 2.11 bits per heavy atom. The van der Waals surface area contributed by atoms with Gasteiger partial charge in [-0.1, -0.05) is 12.1 Å². The van der Waals surface area contributed by atoms with Crippen molar-refractivity contribution in [3.8, 4) is 0 Å². The summed E-state index contributed by atoms with van der Waals surface area (Å²) in [5.74, 6) is 0.350. The molecule has 0 spiro atoms. The van der Waals surface area contributed by atoms with E-state index in [1.165, 1.54) is 12.1 Å². The van der Waals surface area contributed by atoms with E-state index < -0.39 is 11.7 Å². The summed E-state index contributed by atoms with van der Waals surface area (Å²) in [6.45, 7) is 1.86. The summed E-state index contributed by atoms with van der Waals surface area (Å²) in [4.78, 5) is 0. The van der Waals surface area contributed by atoms with Crippen molar-refractivity contribution in [2.45, 2.75) is 25.1 Å². The SMILES string of the molecule is Cl.N[C@@H](c1ccc(C(F)(F)F)cc1)C1CCNCC1. The monoisotopic (exact) mass is 294 g/mol. The van der Waals surface area contributed by atoms with Gasteiger partial charge in [-0.3, -0.25) is 0 Å². The van der Waals surface area contributed by atoms with E-state index >= 15 is 0 Å². The number of hydrogen-bond acceptors (Lipinski definition) is 2. The molecule has 1 aromatic carbocycles. The molecule has 0 unspecified atom stereocenters. The maximum absolute atomic E-state index is 12.4. The highest BCUT2D eigenvalue weighted by atomic mass is 35.5. The summed E-state index contributed by atoms with van der Waals surface area (Å²) in [5, 5.41) is 3.25. The molecule has 0 saturated carbocycles. The van der Waals surface area contributed by atoms with Gasteiger partial charge in [0.05, 0.1) is 5.56 Å². The van der Waals surface area contributed by atoms with Crippen LogP contribution in [0.5, 0.6) is 0 Å². The number of nitrogens with one attached hydrogen (secondary N) is 1. The predicted octanol–water partition coefficient (Wildman–Crippen LogP) is 3.13. The quantitative estimate of drug-likeness (QED) is 0.879. The standard InChI is InChI=1S/C13H17F3N2.ClH/c14-13(15,16)11-3-1-9(2-4-11)12(17)10-5-7-18-8-6-10;/h1-4,10,12,18H,5-8,17H2;1H/t12-;/m0./s1. The van der Waals surface area contributed by atoms with E-state index in [4.69, 9.17) is 5.73 Å². The van der Waals surface area contributed by atoms with Crippen molar-refractivity contribution in [3.63, 3.8) is 0 Å². The second kappa shape index (κ2) is 6.59. The van der Waals surface area contributed by atoms with Crippen LogP contribution in [-0.2, 0) is 6.18 Å². The zero-order valence-corrected chi connectivity index (χ0v) is 11.2. The first-order valence-electron chi connectivity index (χ1n) is 6.12. The molecule has 2 rings (SSSR count). The number of piperidine rings is 1. The Balaban J connectivity index is 0.00000180. The fraction of sp³-hybridized carbons (Fsp3) is 0.538. The van der Waals surface area contributed by atoms with Gasteiger partial charge in [0.2, 0.25) is 0 Å². The zero-order valence-electron chi connectivity index (χ0n) is 10.4. The zero-order chi connectivity index (χ0) is 13.2. The van der Waals surface area contributed by atoms with E-state index in [2.05, 4.69) is 5.32 Å². The Labute approximate surface area is 117 Å². The molecule has 1 saturated heterocycles. The Bertz CT molecular complexity index is 386. The lowest BCUT2D eigenvalue weighted by molar-refractivity contribution is -0.137. The second-order valence-corrected chi connectivity index (χ2v) is 4.73. The van der Waals surface area contributed by atoms with Crippen LogP contribution in [0.1, 0.15) is 30.0 Å². The van der Waals surface area contributed by atoms with Crippen molar-refractivity contribution in [1.82, 2.24) is 5.32 Å². The molecular formula is C13H18ClF3N2. The normalized spacial score (nSPS) is 18.7. The lowest BCUT2D eigenvalue weighted by Crippen LogP contribution is -2.33. The summed E-state index contributed by atoms with van der Waals surface area (Å²) >= 11 is 0. The third kappa shape index (κ3) is 4.09. The molecule has 0 bridgehead atoms. The van der Waals surface area contributed by atoms with Crippen molar-refractivity contribution in [1.29, 1.82) is 0 Å². The molecule has 0 aromatic heterocycles. The first-order chi connectivity index (χ1) is 8.48. The number of nitrogens with two attached hydrogens (primary N) is 1. The van der Waals surface area contributed by atoms with Gasteiger partial charge in [0.1, 0.15) is 0 Å². The highest BCUT2D eigenvalue weighted by molar-refractivity contribution is 5.85. The molecule has 0 amide bonds. The van der Waals surface area contributed by atoms with Crippen molar-refractivity contribution in [2.75, 3.05) is 13.1 Å². The molecule has 0 aliphatic carbocycles. The van der Waals surface area contributed by atoms with Gasteiger partial charge in [0.15, 0.2) is 0 Å². The number of halogens is 4. The maximum atomic E-state index is 12.4. The topological polar surface area (TPSA) is 38.0 Å². The summed E-state index contributed by atoms with van der Waals surface area (Å²) in [6, 6.07) is 5.03. The van der Waals surface area contributed by atoms with Crippen LogP contribution < -0.4 is 11.1 Å². The molecule has 2 nitrogen and oxygen atoms in total. The van der Waals surface area contributed by atoms with Gasteiger partial charge < -0.3 is 11.1 Å². The molecule has 3 N–H and O–H groups in total. The van der Waals surface area contributed by atoms with Crippen molar-refractivity contribution in [2.24, 2.45) is 11.7 Å². The average molecular weight is 295 g/mol. The average Bonchev–Trinajstić information content (AvgIpc) is 2.38. The first-order valence-corrected chi connectivity index (χ1v) is 6.12. The van der Waals surface area contributed by atoms with Crippen molar-refractivity contribution < 1.29 is 13.2 Å². The fourth-order valence-corrected chi connectivity index (χ4v) is 2.37. The van der Waals surface area contributed by atoms with E-state index in [0.717, 1.165) is 43.6 Å². The van der Waals surface area contributed by atoms with Crippen LogP contribution >= 0.6 is 12.4 Å². The summed E-state index contributed by atoms with van der Waals surface area (Å²) in [5.41, 5.74) is 6.29. The molecule has 1 heterocycles. The molecule has 1 aliphatic rings. The van der Waals surface area contributed by atoms with E-state index in [1.54, 1.807) is 0 Å². The molecular weight excluding hydrogens is 277 g/mol. The van der Waals surface area contributed by atoms with Gasteiger partial charge in [-0.2, -0.15) is 13.2 Å². The van der Waals surface area contributed by atoms with Crippen LogP contribution in [0, 0.1) is 5.92 Å². The van der Waals surface area contributed by atoms with Crippen LogP contribution in [-0.4, -0.2) is 13.1 Å². The number of hydrogen-bond donors (Lipinski definition) is 2. The molecule has 1 fully saturated rings. The van der Waals surface area contributed by atoms with E-state index in [0.29, 0.717) is 5.92 Å². The largest absolute Gasteiger partial charge is 0.416 e. The van der Waals surface area contributed by atoms with Gasteiger partial charge in [0.25, 0.3) is 0 Å². The van der Waals surface area contributed by atoms with Gasteiger partial charge in [-0.25, -0.2) is 0 Å². The van der Waals surface area contributed by atoms with Crippen LogP contribution in [0.15, 0.2) is 24.3 Å². The van der Waals surface area contributed by atoms with Crippen molar-refractivity contribution >= 4 is 12.4 Å². The minimum atomic E-state index is -4.28. The number of alkyl halides is 3. The Kier molecular flexibility index (Phi) is 5.64. The third-order valence-corrected chi connectivity index (χ3v) is 3.51. The highest BCUT2D eigenvalue weighted by Crippen LogP contribution is 2.31. The molecule has 108 valence electrons. The number of rotatable bonds is 2. The fourth-order valence-electron chi connectivity index (χ4n) is 2.37. The molecule has 19 heavy (non-hydrogen) atoms. The summed E-state index contributed by atoms with van der Waals surface area (Å²) in [7, 11) is 0. The summed E-state index contributed by atoms with van der Waals surface area (Å²) in [6.07, 6.45) is -2.33. The Morgan fingerprint density at radius 2 is 1.63 bits per heavy atom. The number of benzene rings is 1. The molecule has 6 heteroatoms. The van der Waals surface area contributed by atoms with E-state index in [-0.39, 0.29) is 18.4 Å². The minimum Gasteiger partial charge on any atom is -0.324 e. The van der Waals surface area contributed by atoms with E-state index in [1.807, 2.05) is 0 Å². The lowest BCUT2D eigenvalue weighted by Gasteiger charge is -2.28. The third-order valence-electron chi connectivity index (χ3n) is 3.51. The van der Waals surface area contributed by atoms with Gasteiger partial charge >= 0.3 is 6.18 Å². The smallest absolute Gasteiger partial charge is 0.324 e. The molecule has 1 aliphatic heterocycles. The maximum Gasteiger partial charge on any atom is 0.416 e. The predicted molar refractivity (Wildman–Crippen MR) is 71.2 cm³/mol. The van der Waals surface area contributed by atoms with Crippen LogP contribution in [0.25, 0.3) is 0 Å². The highest BCUT2D eigenvalue weighted by Gasteiger charge is 2.30. The molecule has 1 atom stereocenters.